The van der Waals surface area contributed by atoms with Gasteiger partial charge in [-0.05, 0) is 73.4 Å². The van der Waals surface area contributed by atoms with Crippen molar-refractivity contribution >= 4 is 5.82 Å². The van der Waals surface area contributed by atoms with Crippen molar-refractivity contribution in [3.8, 4) is 11.5 Å². The Balaban J connectivity index is 1.92. The minimum Gasteiger partial charge on any atom is -0.497 e. The third-order valence-corrected chi connectivity index (χ3v) is 5.15. The number of aryl methyl sites for hydroxylation is 2. The molecule has 4 nitrogen and oxygen atoms in total. The molecule has 1 aromatic heterocycles. The highest BCUT2D eigenvalue weighted by atomic mass is 16.5. The first kappa shape index (κ1) is 19.7. The number of aromatic nitrogens is 1. The van der Waals surface area contributed by atoms with Gasteiger partial charge in [0.15, 0.2) is 0 Å². The first-order valence-corrected chi connectivity index (χ1v) is 9.46. The largest absolute Gasteiger partial charge is 0.497 e. The van der Waals surface area contributed by atoms with Crippen LogP contribution in [0.25, 0.3) is 0 Å². The maximum atomic E-state index is 5.28. The van der Waals surface area contributed by atoms with Crippen molar-refractivity contribution in [2.45, 2.75) is 33.9 Å². The van der Waals surface area contributed by atoms with Crippen LogP contribution >= 0.6 is 0 Å². The second kappa shape index (κ2) is 8.79. The fourth-order valence-corrected chi connectivity index (χ4v) is 3.16. The van der Waals surface area contributed by atoms with Gasteiger partial charge in [0, 0.05) is 18.8 Å². The number of anilines is 1. The molecule has 0 aliphatic heterocycles. The summed E-state index contributed by atoms with van der Waals surface area (Å²) in [6, 6.07) is 18.6. The lowest BCUT2D eigenvalue weighted by atomic mass is 10.1. The van der Waals surface area contributed by atoms with Crippen molar-refractivity contribution in [3.63, 3.8) is 0 Å². The third kappa shape index (κ3) is 4.63. The quantitative estimate of drug-likeness (QED) is 0.565. The fraction of sp³-hybridized carbons (Fsp3) is 0.292. The van der Waals surface area contributed by atoms with Crippen LogP contribution < -0.4 is 14.4 Å². The Hall–Kier alpha value is -3.01. The molecule has 0 aliphatic rings. The lowest BCUT2D eigenvalue weighted by Gasteiger charge is -2.25. The molecular weight excluding hydrogens is 348 g/mol. The number of hydrogen-bond acceptors (Lipinski definition) is 4. The van der Waals surface area contributed by atoms with Gasteiger partial charge in [0.25, 0.3) is 0 Å². The minimum atomic E-state index is 0.769. The first-order valence-electron chi connectivity index (χ1n) is 9.46. The summed E-state index contributed by atoms with van der Waals surface area (Å²) >= 11 is 0. The molecule has 0 amide bonds. The van der Waals surface area contributed by atoms with Crippen LogP contribution in [-0.2, 0) is 13.1 Å². The van der Waals surface area contributed by atoms with Crippen LogP contribution in [0.5, 0.6) is 11.5 Å². The van der Waals surface area contributed by atoms with Crippen molar-refractivity contribution in [3.05, 3.63) is 82.5 Å². The van der Waals surface area contributed by atoms with Crippen molar-refractivity contribution < 1.29 is 9.47 Å². The van der Waals surface area contributed by atoms with Gasteiger partial charge in [-0.25, -0.2) is 4.98 Å². The van der Waals surface area contributed by atoms with Crippen LogP contribution in [0, 0.1) is 20.8 Å². The molecule has 0 atom stereocenters. The summed E-state index contributed by atoms with van der Waals surface area (Å²) in [7, 11) is 3.37. The molecule has 0 N–H and O–H groups in total. The molecule has 2 aromatic carbocycles. The van der Waals surface area contributed by atoms with Gasteiger partial charge in [-0.15, -0.1) is 0 Å². The van der Waals surface area contributed by atoms with Crippen LogP contribution in [0.2, 0.25) is 0 Å². The first-order chi connectivity index (χ1) is 13.5. The molecule has 0 radical (unpaired) electrons. The predicted octanol–water partition coefficient (Wildman–Crippen LogP) is 5.23. The zero-order valence-electron chi connectivity index (χ0n) is 17.3. The van der Waals surface area contributed by atoms with Crippen LogP contribution in [0.1, 0.15) is 27.9 Å². The zero-order valence-corrected chi connectivity index (χ0v) is 17.3. The monoisotopic (exact) mass is 376 g/mol. The summed E-state index contributed by atoms with van der Waals surface area (Å²) in [5.74, 6) is 2.73. The van der Waals surface area contributed by atoms with Gasteiger partial charge in [-0.2, -0.15) is 0 Å². The highest BCUT2D eigenvalue weighted by Gasteiger charge is 2.13. The SMILES string of the molecule is COc1ccc(CN(Cc2ccc(OC)cc2)c2cc(C)c(C)c(C)n2)cc1. The molecule has 28 heavy (non-hydrogen) atoms. The third-order valence-electron chi connectivity index (χ3n) is 5.15. The number of benzene rings is 2. The standard InChI is InChI=1S/C24H28N2O2/c1-17-14-24(25-19(3)18(17)2)26(15-20-6-10-22(27-4)11-7-20)16-21-8-12-23(28-5)13-9-21/h6-14H,15-16H2,1-5H3. The zero-order chi connectivity index (χ0) is 20.1. The number of methoxy groups -OCH3 is 2. The predicted molar refractivity (Wildman–Crippen MR) is 114 cm³/mol. The van der Waals surface area contributed by atoms with E-state index in [1.54, 1.807) is 14.2 Å². The van der Waals surface area contributed by atoms with E-state index < -0.39 is 0 Å². The Morgan fingerprint density at radius 1 is 0.750 bits per heavy atom. The molecule has 0 fully saturated rings. The number of rotatable bonds is 7. The summed E-state index contributed by atoms with van der Waals surface area (Å²) in [6.45, 7) is 7.88. The average molecular weight is 377 g/mol. The summed E-state index contributed by atoms with van der Waals surface area (Å²) in [5, 5.41) is 0. The maximum absolute atomic E-state index is 5.28. The van der Waals surface area contributed by atoms with Crippen molar-refractivity contribution in [2.24, 2.45) is 0 Å². The highest BCUT2D eigenvalue weighted by Crippen LogP contribution is 2.24. The van der Waals surface area contributed by atoms with Gasteiger partial charge in [0.1, 0.15) is 17.3 Å². The van der Waals surface area contributed by atoms with Crippen LogP contribution in [0.3, 0.4) is 0 Å². The summed E-state index contributed by atoms with van der Waals surface area (Å²) < 4.78 is 10.6. The molecular formula is C24H28N2O2. The summed E-state index contributed by atoms with van der Waals surface area (Å²) in [6.07, 6.45) is 0. The molecule has 3 rings (SSSR count). The van der Waals surface area contributed by atoms with Gasteiger partial charge in [-0.3, -0.25) is 0 Å². The normalized spacial score (nSPS) is 10.6. The van der Waals surface area contributed by atoms with Crippen LogP contribution in [0.4, 0.5) is 5.82 Å². The molecule has 1 heterocycles. The van der Waals surface area contributed by atoms with E-state index in [-0.39, 0.29) is 0 Å². The summed E-state index contributed by atoms with van der Waals surface area (Å²) in [4.78, 5) is 7.18. The molecule has 4 heteroatoms. The maximum Gasteiger partial charge on any atom is 0.129 e. The minimum absolute atomic E-state index is 0.769. The van der Waals surface area contributed by atoms with Crippen LogP contribution in [0.15, 0.2) is 54.6 Å². The Bertz CT molecular complexity index is 846. The van der Waals surface area contributed by atoms with E-state index in [9.17, 15) is 0 Å². The second-order valence-electron chi connectivity index (χ2n) is 7.06. The molecule has 0 spiro atoms. The Kier molecular flexibility index (Phi) is 6.19. The summed E-state index contributed by atoms with van der Waals surface area (Å²) in [5.41, 5.74) is 6.01. The second-order valence-corrected chi connectivity index (χ2v) is 7.06. The number of hydrogen-bond donors (Lipinski definition) is 0. The Morgan fingerprint density at radius 2 is 1.21 bits per heavy atom. The van der Waals surface area contributed by atoms with Crippen molar-refractivity contribution in [1.82, 2.24) is 4.98 Å². The van der Waals surface area contributed by atoms with Gasteiger partial charge in [0.05, 0.1) is 14.2 Å². The molecule has 0 aliphatic carbocycles. The topological polar surface area (TPSA) is 34.6 Å². The smallest absolute Gasteiger partial charge is 0.129 e. The highest BCUT2D eigenvalue weighted by molar-refractivity contribution is 5.47. The molecule has 3 aromatic rings. The van der Waals surface area contributed by atoms with E-state index in [1.807, 2.05) is 24.3 Å². The lowest BCUT2D eigenvalue weighted by molar-refractivity contribution is 0.414. The van der Waals surface area contributed by atoms with Gasteiger partial charge >= 0.3 is 0 Å². The Labute approximate surface area is 167 Å². The van der Waals surface area contributed by atoms with E-state index in [4.69, 9.17) is 14.5 Å². The van der Waals surface area contributed by atoms with E-state index in [0.717, 1.165) is 36.1 Å². The molecule has 146 valence electrons. The van der Waals surface area contributed by atoms with Crippen LogP contribution in [-0.4, -0.2) is 19.2 Å². The Morgan fingerprint density at radius 3 is 1.61 bits per heavy atom. The number of pyridine rings is 1. The number of nitrogens with zero attached hydrogens (tertiary/aromatic N) is 2. The van der Waals surface area contributed by atoms with Crippen molar-refractivity contribution in [2.75, 3.05) is 19.1 Å². The van der Waals surface area contributed by atoms with E-state index >= 15 is 0 Å². The van der Waals surface area contributed by atoms with E-state index in [0.29, 0.717) is 0 Å². The lowest BCUT2D eigenvalue weighted by Crippen LogP contribution is -2.23. The van der Waals surface area contributed by atoms with E-state index in [1.165, 1.54) is 22.3 Å². The molecule has 0 saturated carbocycles. The van der Waals surface area contributed by atoms with Crippen molar-refractivity contribution in [1.29, 1.82) is 0 Å². The fourth-order valence-electron chi connectivity index (χ4n) is 3.16. The molecule has 0 bridgehead atoms. The van der Waals surface area contributed by atoms with Gasteiger partial charge in [0.2, 0.25) is 0 Å². The average Bonchev–Trinajstić information content (AvgIpc) is 2.72. The number of ether oxygens (including phenoxy) is 2. The van der Waals surface area contributed by atoms with Gasteiger partial charge in [-0.1, -0.05) is 24.3 Å². The van der Waals surface area contributed by atoms with E-state index in [2.05, 4.69) is 56.0 Å². The molecule has 0 saturated heterocycles. The van der Waals surface area contributed by atoms with Gasteiger partial charge < -0.3 is 14.4 Å². The molecule has 0 unspecified atom stereocenters.